The van der Waals surface area contributed by atoms with Crippen molar-refractivity contribution in [3.05, 3.63) is 42.0 Å². The van der Waals surface area contributed by atoms with Gasteiger partial charge in [0.1, 0.15) is 11.0 Å². The molecule has 2 bridgehead atoms. The Morgan fingerprint density at radius 2 is 1.77 bits per heavy atom. The number of rotatable bonds is 7. The Morgan fingerprint density at radius 1 is 1.00 bits per heavy atom. The summed E-state index contributed by atoms with van der Waals surface area (Å²) in [5.41, 5.74) is 5.71. The maximum absolute atomic E-state index is 4.48. The number of piperazine rings is 3. The van der Waals surface area contributed by atoms with Crippen LogP contribution >= 0.6 is 0 Å². The average Bonchev–Trinajstić information content (AvgIpc) is 3.28. The molecule has 2 aromatic carbocycles. The van der Waals surface area contributed by atoms with Gasteiger partial charge in [0, 0.05) is 31.9 Å². The fraction of sp³-hybridized carbons (Fsp3) is 0.478. The van der Waals surface area contributed by atoms with Crippen LogP contribution in [0.25, 0.3) is 11.0 Å². The lowest BCUT2D eigenvalue weighted by Crippen LogP contribution is -2.68. The van der Waals surface area contributed by atoms with Crippen LogP contribution in [0.3, 0.4) is 0 Å². The van der Waals surface area contributed by atoms with E-state index in [1.165, 1.54) is 56.0 Å². The summed E-state index contributed by atoms with van der Waals surface area (Å²) in [5, 5.41) is 19.7. The average molecular weight is 420 g/mol. The fourth-order valence-corrected chi connectivity index (χ4v) is 4.82. The fourth-order valence-electron chi connectivity index (χ4n) is 4.82. The van der Waals surface area contributed by atoms with Gasteiger partial charge in [-0.3, -0.25) is 4.90 Å². The molecule has 8 heteroatoms. The molecule has 0 saturated carbocycles. The summed E-state index contributed by atoms with van der Waals surface area (Å²) in [5.74, 6) is 0. The van der Waals surface area contributed by atoms with Crippen LogP contribution in [-0.2, 0) is 0 Å². The van der Waals surface area contributed by atoms with E-state index in [-0.39, 0.29) is 0 Å². The normalized spacial score (nSPS) is 23.1. The number of likely N-dealkylation sites (N-methyl/N-ethyl adjacent to an activating group) is 1. The van der Waals surface area contributed by atoms with Gasteiger partial charge in [0.2, 0.25) is 0 Å². The molecule has 3 aromatic rings. The minimum atomic E-state index is 0.774. The van der Waals surface area contributed by atoms with Crippen LogP contribution in [0.5, 0.6) is 0 Å². The van der Waals surface area contributed by atoms with Gasteiger partial charge in [-0.25, -0.2) is 0 Å². The summed E-state index contributed by atoms with van der Waals surface area (Å²) in [6.07, 6.45) is 0. The van der Waals surface area contributed by atoms with Crippen molar-refractivity contribution in [2.45, 2.75) is 13.8 Å². The SMILES string of the molecule is CCN(CC[N+]12CCN(CC1)CC2)c1ccc(N=Nc2ccc3n[nH]nc3c2)c(C)c1. The maximum atomic E-state index is 4.48. The number of fused-ring (bicyclic) bond motifs is 4. The van der Waals surface area contributed by atoms with Gasteiger partial charge in [-0.05, 0) is 55.8 Å². The van der Waals surface area contributed by atoms with Crippen LogP contribution in [0.1, 0.15) is 12.5 Å². The van der Waals surface area contributed by atoms with Crippen molar-refractivity contribution >= 4 is 28.1 Å². The van der Waals surface area contributed by atoms with E-state index in [4.69, 9.17) is 0 Å². The molecular formula is C23H31N8+. The molecule has 0 atom stereocenters. The molecule has 3 aliphatic heterocycles. The predicted octanol–water partition coefficient (Wildman–Crippen LogP) is 3.65. The molecule has 162 valence electrons. The van der Waals surface area contributed by atoms with Crippen molar-refractivity contribution in [2.75, 3.05) is 63.8 Å². The van der Waals surface area contributed by atoms with E-state index in [1.807, 2.05) is 18.2 Å². The van der Waals surface area contributed by atoms with E-state index >= 15 is 0 Å². The second-order valence-corrected chi connectivity index (χ2v) is 8.82. The van der Waals surface area contributed by atoms with E-state index in [2.05, 4.69) is 67.5 Å². The van der Waals surface area contributed by atoms with Crippen LogP contribution in [-0.4, -0.2) is 83.7 Å². The third-order valence-electron chi connectivity index (χ3n) is 7.02. The highest BCUT2D eigenvalue weighted by Gasteiger charge is 2.38. The first kappa shape index (κ1) is 20.1. The Hall–Kier alpha value is -2.84. The van der Waals surface area contributed by atoms with Gasteiger partial charge in [-0.2, -0.15) is 25.6 Å². The van der Waals surface area contributed by atoms with Crippen molar-refractivity contribution in [1.29, 1.82) is 0 Å². The Labute approximate surface area is 183 Å². The third kappa shape index (κ3) is 4.18. The second kappa shape index (κ2) is 8.36. The standard InChI is InChI=1S/C23H31N8/c1-3-30(11-15-31-12-8-29(9-13-31)10-14-31)20-5-7-21(18(2)16-20)25-24-19-4-6-22-23(17-19)27-28-26-22/h4-7,16-17H,3,8-15H2,1-2H3,(H,26,27,28)/q+1. The minimum absolute atomic E-state index is 0.774. The number of H-pyrrole nitrogens is 1. The number of aryl methyl sites for hydroxylation is 1. The molecule has 4 heterocycles. The number of aromatic amines is 1. The molecule has 0 aliphatic carbocycles. The molecule has 3 saturated heterocycles. The molecule has 0 radical (unpaired) electrons. The first-order valence-corrected chi connectivity index (χ1v) is 11.3. The molecule has 3 fully saturated rings. The van der Waals surface area contributed by atoms with Gasteiger partial charge in [-0.1, -0.05) is 0 Å². The molecule has 1 aromatic heterocycles. The number of nitrogens with one attached hydrogen (secondary N) is 1. The zero-order chi connectivity index (χ0) is 21.3. The smallest absolute Gasteiger partial charge is 0.115 e. The number of benzene rings is 2. The van der Waals surface area contributed by atoms with Crippen molar-refractivity contribution < 1.29 is 4.48 Å². The number of aromatic nitrogens is 3. The second-order valence-electron chi connectivity index (χ2n) is 8.82. The zero-order valence-electron chi connectivity index (χ0n) is 18.5. The van der Waals surface area contributed by atoms with Gasteiger partial charge < -0.3 is 9.38 Å². The molecule has 0 spiro atoms. The molecule has 1 N–H and O–H groups in total. The molecule has 0 unspecified atom stereocenters. The lowest BCUT2D eigenvalue weighted by atomic mass is 10.1. The van der Waals surface area contributed by atoms with E-state index in [0.717, 1.165) is 41.1 Å². The summed E-state index contributed by atoms with van der Waals surface area (Å²) in [6.45, 7) is 15.5. The minimum Gasteiger partial charge on any atom is -0.366 e. The monoisotopic (exact) mass is 419 g/mol. The summed E-state index contributed by atoms with van der Waals surface area (Å²) in [4.78, 5) is 5.11. The van der Waals surface area contributed by atoms with Gasteiger partial charge >= 0.3 is 0 Å². The molecule has 31 heavy (non-hydrogen) atoms. The van der Waals surface area contributed by atoms with Crippen molar-refractivity contribution in [3.8, 4) is 0 Å². The van der Waals surface area contributed by atoms with Crippen LogP contribution in [0.2, 0.25) is 0 Å². The number of hydrogen-bond acceptors (Lipinski definition) is 6. The maximum Gasteiger partial charge on any atom is 0.115 e. The van der Waals surface area contributed by atoms with Gasteiger partial charge in [-0.15, -0.1) is 0 Å². The zero-order valence-corrected chi connectivity index (χ0v) is 18.5. The predicted molar refractivity (Wildman–Crippen MR) is 123 cm³/mol. The van der Waals surface area contributed by atoms with Crippen LogP contribution in [0.4, 0.5) is 17.1 Å². The Balaban J connectivity index is 1.27. The Kier molecular flexibility index (Phi) is 5.41. The quantitative estimate of drug-likeness (QED) is 0.469. The van der Waals surface area contributed by atoms with Crippen molar-refractivity contribution in [3.63, 3.8) is 0 Å². The Bertz CT molecular complexity index is 1070. The molecule has 6 rings (SSSR count). The van der Waals surface area contributed by atoms with Crippen molar-refractivity contribution in [2.24, 2.45) is 10.2 Å². The van der Waals surface area contributed by atoms with E-state index in [0.29, 0.717) is 0 Å². The first-order chi connectivity index (χ1) is 15.1. The number of anilines is 1. The molecule has 3 aliphatic rings. The lowest BCUT2D eigenvalue weighted by molar-refractivity contribution is -0.939. The number of quaternary nitrogens is 1. The van der Waals surface area contributed by atoms with Crippen molar-refractivity contribution in [1.82, 2.24) is 20.3 Å². The summed E-state index contributed by atoms with van der Waals surface area (Å²) < 4.78 is 1.30. The van der Waals surface area contributed by atoms with E-state index < -0.39 is 0 Å². The molecular weight excluding hydrogens is 388 g/mol. The van der Waals surface area contributed by atoms with Crippen LogP contribution < -0.4 is 4.90 Å². The first-order valence-electron chi connectivity index (χ1n) is 11.3. The lowest BCUT2D eigenvalue weighted by Gasteiger charge is -2.51. The molecule has 0 amide bonds. The number of nitrogens with zero attached hydrogens (tertiary/aromatic N) is 7. The summed E-state index contributed by atoms with van der Waals surface area (Å²) in [7, 11) is 0. The highest BCUT2D eigenvalue weighted by atomic mass is 15.5. The topological polar surface area (TPSA) is 72.8 Å². The third-order valence-corrected chi connectivity index (χ3v) is 7.02. The number of azo groups is 1. The highest BCUT2D eigenvalue weighted by molar-refractivity contribution is 5.77. The summed E-state index contributed by atoms with van der Waals surface area (Å²) >= 11 is 0. The van der Waals surface area contributed by atoms with Gasteiger partial charge in [0.05, 0.1) is 44.1 Å². The summed E-state index contributed by atoms with van der Waals surface area (Å²) in [6, 6.07) is 12.2. The number of hydrogen-bond donors (Lipinski definition) is 1. The van der Waals surface area contributed by atoms with E-state index in [1.54, 1.807) is 0 Å². The molecule has 8 nitrogen and oxygen atoms in total. The highest BCUT2D eigenvalue weighted by Crippen LogP contribution is 2.28. The van der Waals surface area contributed by atoms with Gasteiger partial charge in [0.25, 0.3) is 0 Å². The van der Waals surface area contributed by atoms with Crippen LogP contribution in [0.15, 0.2) is 46.6 Å². The largest absolute Gasteiger partial charge is 0.366 e. The Morgan fingerprint density at radius 3 is 2.52 bits per heavy atom. The van der Waals surface area contributed by atoms with E-state index in [9.17, 15) is 0 Å². The van der Waals surface area contributed by atoms with Crippen LogP contribution in [0, 0.1) is 6.92 Å². The van der Waals surface area contributed by atoms with Gasteiger partial charge in [0.15, 0.2) is 0 Å².